The van der Waals surface area contributed by atoms with Crippen molar-refractivity contribution in [3.8, 4) is 0 Å². The number of carbonyl (C=O) groups excluding carboxylic acids is 1. The van der Waals surface area contributed by atoms with Crippen molar-refractivity contribution in [3.05, 3.63) is 52.2 Å². The van der Waals surface area contributed by atoms with Crippen molar-refractivity contribution in [2.75, 3.05) is 51.2 Å². The Morgan fingerprint density at radius 1 is 1.14 bits per heavy atom. The van der Waals surface area contributed by atoms with Gasteiger partial charge in [-0.3, -0.25) is 14.0 Å². The van der Waals surface area contributed by atoms with Crippen LogP contribution < -0.4 is 21.0 Å². The molecule has 36 heavy (non-hydrogen) atoms. The highest BCUT2D eigenvalue weighted by molar-refractivity contribution is 7.24. The van der Waals surface area contributed by atoms with Crippen LogP contribution in [0.3, 0.4) is 0 Å². The number of hydrogen-bond donors (Lipinski definition) is 2. The van der Waals surface area contributed by atoms with Crippen molar-refractivity contribution in [2.45, 2.75) is 18.9 Å². The monoisotopic (exact) mass is 502 g/mol. The number of likely N-dealkylation sites (tertiary alicyclic amines) is 1. The predicted molar refractivity (Wildman–Crippen MR) is 144 cm³/mol. The van der Waals surface area contributed by atoms with E-state index in [1.54, 1.807) is 0 Å². The molecular formula is C27H30N6O2S. The van der Waals surface area contributed by atoms with Gasteiger partial charge in [0.25, 0.3) is 5.91 Å². The third-order valence-electron chi connectivity index (χ3n) is 8.16. The minimum Gasteiger partial charge on any atom is -0.356 e. The molecule has 2 N–H and O–H groups in total. The lowest BCUT2D eigenvalue weighted by atomic mass is 10.0. The molecule has 3 aliphatic rings. The van der Waals surface area contributed by atoms with Crippen molar-refractivity contribution in [1.29, 1.82) is 0 Å². The highest BCUT2D eigenvalue weighted by Crippen LogP contribution is 2.35. The number of nitrogens with one attached hydrogen (secondary N) is 2. The largest absolute Gasteiger partial charge is 0.356 e. The van der Waals surface area contributed by atoms with Crippen LogP contribution in [0.1, 0.15) is 23.2 Å². The second-order valence-electron chi connectivity index (χ2n) is 10.6. The fourth-order valence-electron chi connectivity index (χ4n) is 6.40. The van der Waals surface area contributed by atoms with Gasteiger partial charge in [0, 0.05) is 38.8 Å². The Hall–Kier alpha value is -3.01. The molecule has 0 radical (unpaired) electrons. The quantitative estimate of drug-likeness (QED) is 0.447. The number of pyridine rings is 2. The maximum atomic E-state index is 13.7. The summed E-state index contributed by atoms with van der Waals surface area (Å²) < 4.78 is 3.05. The van der Waals surface area contributed by atoms with E-state index < -0.39 is 0 Å². The zero-order valence-corrected chi connectivity index (χ0v) is 21.2. The SMILES string of the molecule is CN1CC2CN(c3ccc4c(=O)c(C(=O)NCC5CCCN5)c5sc6ccccc6n5c4n3)CC2C1. The number of thiazole rings is 1. The summed E-state index contributed by atoms with van der Waals surface area (Å²) in [6, 6.07) is 12.1. The van der Waals surface area contributed by atoms with E-state index in [1.165, 1.54) is 11.3 Å². The van der Waals surface area contributed by atoms with Crippen LogP contribution in [-0.4, -0.2) is 72.5 Å². The lowest BCUT2D eigenvalue weighted by Gasteiger charge is -2.21. The lowest BCUT2D eigenvalue weighted by molar-refractivity contribution is 0.0951. The summed E-state index contributed by atoms with van der Waals surface area (Å²) in [5.74, 6) is 1.93. The van der Waals surface area contributed by atoms with Gasteiger partial charge in [0.2, 0.25) is 5.43 Å². The maximum Gasteiger partial charge on any atom is 0.258 e. The first-order valence-electron chi connectivity index (χ1n) is 12.9. The molecule has 8 nitrogen and oxygen atoms in total. The van der Waals surface area contributed by atoms with Gasteiger partial charge in [0.15, 0.2) is 5.65 Å². The summed E-state index contributed by atoms with van der Waals surface area (Å²) in [5, 5.41) is 6.92. The molecule has 3 aliphatic heterocycles. The molecule has 0 bridgehead atoms. The van der Waals surface area contributed by atoms with Gasteiger partial charge in [-0.25, -0.2) is 4.98 Å². The number of fused-ring (bicyclic) bond motifs is 6. The summed E-state index contributed by atoms with van der Waals surface area (Å²) in [6.07, 6.45) is 2.15. The van der Waals surface area contributed by atoms with Gasteiger partial charge >= 0.3 is 0 Å². The average Bonchev–Trinajstić information content (AvgIpc) is 3.65. The average molecular weight is 503 g/mol. The first kappa shape index (κ1) is 22.2. The third-order valence-corrected chi connectivity index (χ3v) is 9.31. The minimum atomic E-state index is -0.305. The van der Waals surface area contributed by atoms with Crippen LogP contribution in [0, 0.1) is 11.8 Å². The van der Waals surface area contributed by atoms with Gasteiger partial charge in [-0.15, -0.1) is 11.3 Å². The van der Waals surface area contributed by atoms with E-state index >= 15 is 0 Å². The second kappa shape index (κ2) is 8.54. The standard InChI is InChI=1S/C27H30N6O2S/c1-31-12-16-14-32(15-17(16)13-31)22-9-8-19-24(34)23(26(35)29-11-18-5-4-10-28-18)27-33(25(19)30-22)20-6-2-3-7-21(20)36-27/h2-3,6-9,16-18,28H,4-5,10-15H2,1H3,(H,29,35). The van der Waals surface area contributed by atoms with Crippen LogP contribution in [0.2, 0.25) is 0 Å². The fourth-order valence-corrected chi connectivity index (χ4v) is 7.59. The molecule has 6 heterocycles. The van der Waals surface area contributed by atoms with Crippen LogP contribution in [0.4, 0.5) is 5.82 Å². The summed E-state index contributed by atoms with van der Waals surface area (Å²) in [7, 11) is 2.19. The molecule has 3 unspecified atom stereocenters. The van der Waals surface area contributed by atoms with E-state index in [-0.39, 0.29) is 22.9 Å². The van der Waals surface area contributed by atoms with Crippen LogP contribution >= 0.6 is 11.3 Å². The molecule has 0 saturated carbocycles. The Balaban J connectivity index is 1.35. The van der Waals surface area contributed by atoms with E-state index in [2.05, 4.69) is 27.5 Å². The predicted octanol–water partition coefficient (Wildman–Crippen LogP) is 2.54. The molecule has 0 aliphatic carbocycles. The van der Waals surface area contributed by atoms with Crippen molar-refractivity contribution in [1.82, 2.24) is 24.9 Å². The smallest absolute Gasteiger partial charge is 0.258 e. The molecule has 4 aromatic rings. The minimum absolute atomic E-state index is 0.218. The number of amides is 1. The topological polar surface area (TPSA) is 82.0 Å². The highest BCUT2D eigenvalue weighted by Gasteiger charge is 2.39. The van der Waals surface area contributed by atoms with Gasteiger partial charge in [-0.1, -0.05) is 12.1 Å². The van der Waals surface area contributed by atoms with E-state index in [4.69, 9.17) is 4.98 Å². The number of aromatic nitrogens is 2. The van der Waals surface area contributed by atoms with E-state index in [1.807, 2.05) is 40.8 Å². The number of anilines is 1. The van der Waals surface area contributed by atoms with Crippen molar-refractivity contribution < 1.29 is 4.79 Å². The van der Waals surface area contributed by atoms with Crippen LogP contribution in [-0.2, 0) is 0 Å². The number of benzene rings is 1. The molecule has 3 aromatic heterocycles. The fraction of sp³-hybridized carbons (Fsp3) is 0.444. The molecular weight excluding hydrogens is 472 g/mol. The molecule has 7 rings (SSSR count). The first-order chi connectivity index (χ1) is 17.6. The van der Waals surface area contributed by atoms with E-state index in [9.17, 15) is 9.59 Å². The Morgan fingerprint density at radius 2 is 1.94 bits per heavy atom. The van der Waals surface area contributed by atoms with E-state index in [0.717, 1.165) is 61.6 Å². The zero-order chi connectivity index (χ0) is 24.4. The van der Waals surface area contributed by atoms with Gasteiger partial charge in [0.05, 0.1) is 15.6 Å². The number of rotatable bonds is 4. The molecule has 3 atom stereocenters. The molecule has 0 spiro atoms. The Morgan fingerprint density at radius 3 is 2.72 bits per heavy atom. The maximum absolute atomic E-state index is 13.7. The molecule has 1 amide bonds. The van der Waals surface area contributed by atoms with Crippen LogP contribution in [0.5, 0.6) is 0 Å². The summed E-state index contributed by atoms with van der Waals surface area (Å²) in [5.41, 5.74) is 1.58. The normalized spacial score (nSPS) is 24.4. The summed E-state index contributed by atoms with van der Waals surface area (Å²) >= 11 is 1.48. The molecule has 1 aromatic carbocycles. The molecule has 3 fully saturated rings. The van der Waals surface area contributed by atoms with Crippen molar-refractivity contribution >= 4 is 49.1 Å². The second-order valence-corrected chi connectivity index (χ2v) is 11.6. The number of carbonyl (C=O) groups is 1. The third kappa shape index (κ3) is 3.52. The van der Waals surface area contributed by atoms with Crippen molar-refractivity contribution in [2.24, 2.45) is 11.8 Å². The molecule has 3 saturated heterocycles. The Labute approximate surface area is 212 Å². The van der Waals surface area contributed by atoms with Crippen LogP contribution in [0.15, 0.2) is 41.2 Å². The summed E-state index contributed by atoms with van der Waals surface area (Å²) in [6.45, 7) is 5.74. The first-order valence-corrected chi connectivity index (χ1v) is 13.7. The molecule has 186 valence electrons. The summed E-state index contributed by atoms with van der Waals surface area (Å²) in [4.78, 5) is 37.6. The van der Waals surface area contributed by atoms with E-state index in [0.29, 0.717) is 34.2 Å². The number of hydrogen-bond acceptors (Lipinski definition) is 7. The Kier molecular flexibility index (Phi) is 5.27. The lowest BCUT2D eigenvalue weighted by Crippen LogP contribution is -2.39. The molecule has 9 heteroatoms. The zero-order valence-electron chi connectivity index (χ0n) is 20.4. The highest BCUT2D eigenvalue weighted by atomic mass is 32.1. The van der Waals surface area contributed by atoms with Crippen molar-refractivity contribution in [3.63, 3.8) is 0 Å². The van der Waals surface area contributed by atoms with Gasteiger partial charge in [0.1, 0.15) is 16.2 Å². The van der Waals surface area contributed by atoms with Crippen LogP contribution in [0.25, 0.3) is 26.1 Å². The Bertz CT molecular complexity index is 1540. The van der Waals surface area contributed by atoms with Gasteiger partial charge in [-0.2, -0.15) is 0 Å². The number of para-hydroxylation sites is 1. The van der Waals surface area contributed by atoms with Gasteiger partial charge < -0.3 is 20.4 Å². The number of nitrogens with zero attached hydrogens (tertiary/aromatic N) is 4. The van der Waals surface area contributed by atoms with Gasteiger partial charge in [-0.05, 0) is 62.5 Å².